The number of carbonyl (C=O) groups is 1. The number of hydrogen-bond donors (Lipinski definition) is 0. The van der Waals surface area contributed by atoms with Gasteiger partial charge in [0.25, 0.3) is 5.56 Å². The number of rotatable bonds is 5. The number of thiophene rings is 1. The third-order valence-electron chi connectivity index (χ3n) is 3.56. The number of carbonyl (C=O) groups excluding carboxylic acids is 1. The predicted molar refractivity (Wildman–Crippen MR) is 95.6 cm³/mol. The van der Waals surface area contributed by atoms with Gasteiger partial charge in [-0.3, -0.25) is 14.2 Å². The average molecular weight is 344 g/mol. The predicted octanol–water partition coefficient (Wildman–Crippen LogP) is 3.84. The lowest BCUT2D eigenvalue weighted by atomic mass is 10.1. The summed E-state index contributed by atoms with van der Waals surface area (Å²) in [6, 6.07) is 11.0. The van der Waals surface area contributed by atoms with E-state index in [1.54, 1.807) is 4.57 Å². The molecule has 1 atom stereocenters. The zero-order valence-electron chi connectivity index (χ0n) is 12.9. The fourth-order valence-electron chi connectivity index (χ4n) is 2.34. The fourth-order valence-corrected chi connectivity index (χ4v) is 4.17. The average Bonchev–Trinajstić information content (AvgIpc) is 3.04. The van der Waals surface area contributed by atoms with Crippen LogP contribution in [0.3, 0.4) is 0 Å². The maximum absolute atomic E-state index is 12.5. The lowest BCUT2D eigenvalue weighted by Gasteiger charge is -2.13. The monoisotopic (exact) mass is 344 g/mol. The van der Waals surface area contributed by atoms with Crippen molar-refractivity contribution in [2.24, 2.45) is 0 Å². The minimum atomic E-state index is -0.307. The van der Waals surface area contributed by atoms with Gasteiger partial charge in [-0.25, -0.2) is 4.98 Å². The Labute approximate surface area is 142 Å². The van der Waals surface area contributed by atoms with Crippen LogP contribution in [0.1, 0.15) is 24.2 Å². The largest absolute Gasteiger partial charge is 0.293 e. The molecule has 118 valence electrons. The van der Waals surface area contributed by atoms with Crippen molar-refractivity contribution in [3.63, 3.8) is 0 Å². The molecule has 0 aliphatic carbocycles. The molecule has 0 radical (unpaired) electrons. The Bertz CT molecular complexity index is 900. The van der Waals surface area contributed by atoms with E-state index in [1.807, 2.05) is 55.6 Å². The van der Waals surface area contributed by atoms with E-state index >= 15 is 0 Å². The van der Waals surface area contributed by atoms with E-state index in [4.69, 9.17) is 0 Å². The van der Waals surface area contributed by atoms with Crippen LogP contribution in [0.15, 0.2) is 51.7 Å². The molecule has 2 heterocycles. The number of nitrogens with zero attached hydrogens (tertiary/aromatic N) is 2. The Balaban J connectivity index is 1.94. The number of Topliss-reactive ketones (excluding diaryl/α,β-unsaturated/α-hetero) is 1. The SMILES string of the molecule is CCn1c(SC(C)C(=O)c2ccccc2)nc2ccsc2c1=O. The van der Waals surface area contributed by atoms with Crippen LogP contribution in [0.4, 0.5) is 0 Å². The van der Waals surface area contributed by atoms with Gasteiger partial charge in [-0.15, -0.1) is 11.3 Å². The fraction of sp³-hybridized carbons (Fsp3) is 0.235. The summed E-state index contributed by atoms with van der Waals surface area (Å²) in [5.74, 6) is 0.0397. The molecule has 3 aromatic rings. The van der Waals surface area contributed by atoms with Crippen LogP contribution >= 0.6 is 23.1 Å². The summed E-state index contributed by atoms with van der Waals surface area (Å²) in [6.07, 6.45) is 0. The molecule has 2 aromatic heterocycles. The van der Waals surface area contributed by atoms with Gasteiger partial charge in [0.15, 0.2) is 10.9 Å². The third kappa shape index (κ3) is 3.09. The Hall–Kier alpha value is -1.92. The number of hydrogen-bond acceptors (Lipinski definition) is 5. The molecule has 0 saturated heterocycles. The van der Waals surface area contributed by atoms with E-state index in [-0.39, 0.29) is 16.6 Å². The summed E-state index contributed by atoms with van der Waals surface area (Å²) in [5.41, 5.74) is 1.34. The molecule has 0 aliphatic heterocycles. The second-order valence-corrected chi connectivity index (χ2v) is 7.29. The van der Waals surface area contributed by atoms with Crippen LogP contribution < -0.4 is 5.56 Å². The zero-order valence-corrected chi connectivity index (χ0v) is 14.5. The summed E-state index contributed by atoms with van der Waals surface area (Å²) >= 11 is 2.74. The summed E-state index contributed by atoms with van der Waals surface area (Å²) in [6.45, 7) is 4.30. The van der Waals surface area contributed by atoms with Gasteiger partial charge >= 0.3 is 0 Å². The molecule has 23 heavy (non-hydrogen) atoms. The summed E-state index contributed by atoms with van der Waals surface area (Å²) < 4.78 is 2.30. The van der Waals surface area contributed by atoms with Crippen molar-refractivity contribution >= 4 is 39.1 Å². The topological polar surface area (TPSA) is 52.0 Å². The number of thioether (sulfide) groups is 1. The molecule has 6 heteroatoms. The van der Waals surface area contributed by atoms with Crippen molar-refractivity contribution in [2.75, 3.05) is 0 Å². The van der Waals surface area contributed by atoms with Crippen molar-refractivity contribution in [3.8, 4) is 0 Å². The van der Waals surface area contributed by atoms with Crippen molar-refractivity contribution in [1.82, 2.24) is 9.55 Å². The Morgan fingerprint density at radius 1 is 1.30 bits per heavy atom. The first-order valence-corrected chi connectivity index (χ1v) is 9.11. The Morgan fingerprint density at radius 2 is 2.04 bits per heavy atom. The van der Waals surface area contributed by atoms with Gasteiger partial charge in [0.05, 0.1) is 10.8 Å². The summed E-state index contributed by atoms with van der Waals surface area (Å²) in [7, 11) is 0. The molecule has 3 rings (SSSR count). The maximum atomic E-state index is 12.5. The molecule has 1 aromatic carbocycles. The van der Waals surface area contributed by atoms with Crippen molar-refractivity contribution in [3.05, 3.63) is 57.7 Å². The number of ketones is 1. The van der Waals surface area contributed by atoms with Gasteiger partial charge in [-0.1, -0.05) is 42.1 Å². The van der Waals surface area contributed by atoms with Crippen LogP contribution in [0.25, 0.3) is 10.2 Å². The minimum absolute atomic E-state index is 0.0330. The minimum Gasteiger partial charge on any atom is -0.293 e. The van der Waals surface area contributed by atoms with Gasteiger partial charge in [-0.2, -0.15) is 0 Å². The van der Waals surface area contributed by atoms with E-state index in [1.165, 1.54) is 23.1 Å². The first-order valence-electron chi connectivity index (χ1n) is 7.35. The number of aromatic nitrogens is 2. The standard InChI is InChI=1S/C17H16N2O2S2/c1-3-19-16(21)15-13(9-10-22-15)18-17(19)23-11(2)14(20)12-7-5-4-6-8-12/h4-11H,3H2,1-2H3. The normalized spacial score (nSPS) is 12.4. The van der Waals surface area contributed by atoms with E-state index in [9.17, 15) is 9.59 Å². The Morgan fingerprint density at radius 3 is 2.74 bits per heavy atom. The molecular weight excluding hydrogens is 328 g/mol. The quantitative estimate of drug-likeness (QED) is 0.401. The summed E-state index contributed by atoms with van der Waals surface area (Å²) in [4.78, 5) is 29.6. The molecule has 1 unspecified atom stereocenters. The van der Waals surface area contributed by atoms with Crippen LogP contribution in [0.5, 0.6) is 0 Å². The molecule has 0 fully saturated rings. The second kappa shape index (κ2) is 6.68. The molecule has 4 nitrogen and oxygen atoms in total. The van der Waals surface area contributed by atoms with Crippen LogP contribution in [-0.4, -0.2) is 20.6 Å². The van der Waals surface area contributed by atoms with Crippen LogP contribution in [-0.2, 0) is 6.54 Å². The van der Waals surface area contributed by atoms with Crippen molar-refractivity contribution in [2.45, 2.75) is 30.8 Å². The lowest BCUT2D eigenvalue weighted by molar-refractivity contribution is 0.0994. The molecular formula is C17H16N2O2S2. The van der Waals surface area contributed by atoms with Gasteiger partial charge < -0.3 is 0 Å². The zero-order chi connectivity index (χ0) is 16.4. The Kier molecular flexibility index (Phi) is 4.63. The summed E-state index contributed by atoms with van der Waals surface area (Å²) in [5, 5.41) is 2.16. The smallest absolute Gasteiger partial charge is 0.272 e. The number of benzene rings is 1. The molecule has 0 N–H and O–H groups in total. The second-order valence-electron chi connectivity index (χ2n) is 5.07. The molecule has 0 aliphatic rings. The van der Waals surface area contributed by atoms with Gasteiger partial charge in [0.2, 0.25) is 0 Å². The van der Waals surface area contributed by atoms with Crippen molar-refractivity contribution < 1.29 is 4.79 Å². The first-order chi connectivity index (χ1) is 11.1. The molecule has 0 amide bonds. The van der Waals surface area contributed by atoms with E-state index in [0.717, 1.165) is 0 Å². The van der Waals surface area contributed by atoms with Crippen LogP contribution in [0.2, 0.25) is 0 Å². The lowest BCUT2D eigenvalue weighted by Crippen LogP contribution is -2.23. The maximum Gasteiger partial charge on any atom is 0.272 e. The highest BCUT2D eigenvalue weighted by atomic mass is 32.2. The highest BCUT2D eigenvalue weighted by Crippen LogP contribution is 2.26. The third-order valence-corrected chi connectivity index (χ3v) is 5.54. The van der Waals surface area contributed by atoms with E-state index in [0.29, 0.717) is 27.5 Å². The van der Waals surface area contributed by atoms with Crippen LogP contribution in [0, 0.1) is 0 Å². The van der Waals surface area contributed by atoms with E-state index < -0.39 is 0 Å². The highest BCUT2D eigenvalue weighted by Gasteiger charge is 2.20. The first kappa shape index (κ1) is 16.0. The van der Waals surface area contributed by atoms with Gasteiger partial charge in [0, 0.05) is 12.1 Å². The number of fused-ring (bicyclic) bond motifs is 1. The van der Waals surface area contributed by atoms with Gasteiger partial charge in [0.1, 0.15) is 4.70 Å². The molecule has 0 spiro atoms. The highest BCUT2D eigenvalue weighted by molar-refractivity contribution is 8.00. The van der Waals surface area contributed by atoms with Gasteiger partial charge in [-0.05, 0) is 25.3 Å². The van der Waals surface area contributed by atoms with E-state index in [2.05, 4.69) is 4.98 Å². The molecule has 0 saturated carbocycles. The molecule has 0 bridgehead atoms. The van der Waals surface area contributed by atoms with Crippen molar-refractivity contribution in [1.29, 1.82) is 0 Å².